The SMILES string of the molecule is CCCCC(CC)Cc1sc2c(c1CC(CC)CCCC)C(=O)c1c(Br)sc(Br)c1C2=O. The third-order valence-electron chi connectivity index (χ3n) is 6.85. The van der Waals surface area contributed by atoms with E-state index < -0.39 is 0 Å². The van der Waals surface area contributed by atoms with Crippen LogP contribution in [0.5, 0.6) is 0 Å². The summed E-state index contributed by atoms with van der Waals surface area (Å²) in [6.45, 7) is 9.00. The van der Waals surface area contributed by atoms with Gasteiger partial charge in [-0.05, 0) is 62.1 Å². The van der Waals surface area contributed by atoms with Gasteiger partial charge in [0.2, 0.25) is 5.78 Å². The zero-order valence-electron chi connectivity index (χ0n) is 19.6. The predicted molar refractivity (Wildman–Crippen MR) is 145 cm³/mol. The summed E-state index contributed by atoms with van der Waals surface area (Å²) in [5.41, 5.74) is 3.01. The second kappa shape index (κ2) is 11.9. The molecule has 0 saturated heterocycles. The van der Waals surface area contributed by atoms with Crippen molar-refractivity contribution in [2.24, 2.45) is 11.8 Å². The Morgan fingerprint density at radius 1 is 0.719 bits per heavy atom. The Morgan fingerprint density at radius 3 is 1.78 bits per heavy atom. The molecular formula is C26H34Br2O2S2. The monoisotopic (exact) mass is 600 g/mol. The highest BCUT2D eigenvalue weighted by atomic mass is 79.9. The summed E-state index contributed by atoms with van der Waals surface area (Å²) >= 11 is 10.1. The van der Waals surface area contributed by atoms with Crippen molar-refractivity contribution in [3.63, 3.8) is 0 Å². The molecule has 0 aliphatic heterocycles. The molecule has 0 fully saturated rings. The van der Waals surface area contributed by atoms with Crippen LogP contribution < -0.4 is 0 Å². The van der Waals surface area contributed by atoms with Gasteiger partial charge >= 0.3 is 0 Å². The van der Waals surface area contributed by atoms with E-state index in [1.165, 1.54) is 60.3 Å². The molecule has 0 amide bonds. The molecule has 2 atom stereocenters. The number of hydrogen-bond donors (Lipinski definition) is 0. The van der Waals surface area contributed by atoms with E-state index in [0.717, 1.165) is 33.3 Å². The van der Waals surface area contributed by atoms with Crippen LogP contribution in [0.25, 0.3) is 0 Å². The van der Waals surface area contributed by atoms with Crippen LogP contribution in [-0.2, 0) is 12.8 Å². The number of carbonyl (C=O) groups excluding carboxylic acids is 2. The first-order chi connectivity index (χ1) is 15.4. The second-order valence-corrected chi connectivity index (χ2v) is 13.8. The number of ketones is 2. The minimum absolute atomic E-state index is 0.0177. The van der Waals surface area contributed by atoms with Crippen molar-refractivity contribution >= 4 is 66.1 Å². The van der Waals surface area contributed by atoms with E-state index in [-0.39, 0.29) is 11.6 Å². The van der Waals surface area contributed by atoms with Crippen molar-refractivity contribution in [1.29, 1.82) is 0 Å². The van der Waals surface area contributed by atoms with E-state index in [2.05, 4.69) is 59.6 Å². The van der Waals surface area contributed by atoms with Crippen molar-refractivity contribution < 1.29 is 9.59 Å². The Kier molecular flexibility index (Phi) is 9.78. The summed E-state index contributed by atoms with van der Waals surface area (Å²) in [7, 11) is 0. The molecule has 2 aromatic rings. The van der Waals surface area contributed by atoms with Gasteiger partial charge in [0.1, 0.15) is 0 Å². The third-order valence-corrected chi connectivity index (χ3v) is 10.6. The lowest BCUT2D eigenvalue weighted by atomic mass is 9.83. The lowest BCUT2D eigenvalue weighted by molar-refractivity contribution is 0.0981. The molecule has 2 aromatic heterocycles. The normalized spacial score (nSPS) is 15.1. The first-order valence-corrected chi connectivity index (χ1v) is 15.3. The molecule has 32 heavy (non-hydrogen) atoms. The molecule has 2 heterocycles. The number of halogens is 2. The summed E-state index contributed by atoms with van der Waals surface area (Å²) in [5.74, 6) is 1.23. The van der Waals surface area contributed by atoms with Gasteiger partial charge in [0.05, 0.1) is 23.6 Å². The number of hydrogen-bond acceptors (Lipinski definition) is 4. The minimum Gasteiger partial charge on any atom is -0.288 e. The molecule has 2 unspecified atom stereocenters. The van der Waals surface area contributed by atoms with Crippen molar-refractivity contribution in [3.8, 4) is 0 Å². The molecule has 0 bridgehead atoms. The van der Waals surface area contributed by atoms with Gasteiger partial charge in [-0.3, -0.25) is 9.59 Å². The van der Waals surface area contributed by atoms with E-state index in [1.807, 2.05) is 0 Å². The fourth-order valence-corrected chi connectivity index (χ4v) is 9.27. The average molecular weight is 602 g/mol. The largest absolute Gasteiger partial charge is 0.288 e. The Labute approximate surface area is 217 Å². The fourth-order valence-electron chi connectivity index (χ4n) is 4.75. The van der Waals surface area contributed by atoms with Crippen molar-refractivity contribution in [3.05, 3.63) is 39.6 Å². The van der Waals surface area contributed by atoms with Crippen LogP contribution in [0.3, 0.4) is 0 Å². The van der Waals surface area contributed by atoms with E-state index in [9.17, 15) is 9.59 Å². The van der Waals surface area contributed by atoms with Gasteiger partial charge in [0.25, 0.3) is 0 Å². The number of rotatable bonds is 12. The summed E-state index contributed by atoms with van der Waals surface area (Å²) in [6, 6.07) is 0. The van der Waals surface area contributed by atoms with Crippen molar-refractivity contribution in [2.45, 2.75) is 91.9 Å². The highest BCUT2D eigenvalue weighted by molar-refractivity contribution is 9.12. The van der Waals surface area contributed by atoms with Gasteiger partial charge in [0.15, 0.2) is 5.78 Å². The zero-order valence-corrected chi connectivity index (χ0v) is 24.4. The summed E-state index contributed by atoms with van der Waals surface area (Å²) in [6.07, 6.45) is 11.4. The Hall–Kier alpha value is -0.300. The van der Waals surface area contributed by atoms with E-state index >= 15 is 0 Å². The highest BCUT2D eigenvalue weighted by Crippen LogP contribution is 2.47. The number of unbranched alkanes of at least 4 members (excludes halogenated alkanes) is 2. The topological polar surface area (TPSA) is 34.1 Å². The number of fused-ring (bicyclic) bond motifs is 2. The second-order valence-electron chi connectivity index (χ2n) is 9.01. The Balaban J connectivity index is 2.07. The van der Waals surface area contributed by atoms with Gasteiger partial charge in [-0.15, -0.1) is 22.7 Å². The molecule has 0 radical (unpaired) electrons. The van der Waals surface area contributed by atoms with Crippen LogP contribution in [0.2, 0.25) is 0 Å². The van der Waals surface area contributed by atoms with Crippen LogP contribution in [0.4, 0.5) is 0 Å². The summed E-state index contributed by atoms with van der Waals surface area (Å²) in [4.78, 5) is 29.2. The highest BCUT2D eigenvalue weighted by Gasteiger charge is 2.39. The van der Waals surface area contributed by atoms with Crippen LogP contribution in [0, 0.1) is 11.8 Å². The average Bonchev–Trinajstić information content (AvgIpc) is 3.29. The molecule has 0 N–H and O–H groups in total. The smallest absolute Gasteiger partial charge is 0.206 e. The minimum atomic E-state index is 0.0177. The van der Waals surface area contributed by atoms with Gasteiger partial charge in [-0.1, -0.05) is 79.1 Å². The summed E-state index contributed by atoms with van der Waals surface area (Å²) in [5, 5.41) is 0. The lowest BCUT2D eigenvalue weighted by Crippen LogP contribution is -2.20. The molecule has 176 valence electrons. The maximum absolute atomic E-state index is 13.7. The molecule has 2 nitrogen and oxygen atoms in total. The van der Waals surface area contributed by atoms with E-state index in [4.69, 9.17) is 0 Å². The predicted octanol–water partition coefficient (Wildman–Crippen LogP) is 9.63. The summed E-state index contributed by atoms with van der Waals surface area (Å²) < 4.78 is 1.51. The quantitative estimate of drug-likeness (QED) is 0.207. The maximum atomic E-state index is 13.7. The van der Waals surface area contributed by atoms with Gasteiger partial charge < -0.3 is 0 Å². The van der Waals surface area contributed by atoms with Crippen molar-refractivity contribution in [1.82, 2.24) is 0 Å². The number of carbonyl (C=O) groups is 2. The van der Waals surface area contributed by atoms with Crippen LogP contribution in [0.15, 0.2) is 7.57 Å². The van der Waals surface area contributed by atoms with Gasteiger partial charge in [-0.25, -0.2) is 0 Å². The maximum Gasteiger partial charge on any atom is 0.206 e. The van der Waals surface area contributed by atoms with Crippen molar-refractivity contribution in [2.75, 3.05) is 0 Å². The van der Waals surface area contributed by atoms with E-state index in [0.29, 0.717) is 33.4 Å². The molecule has 3 rings (SSSR count). The van der Waals surface area contributed by atoms with E-state index in [1.54, 1.807) is 11.3 Å². The van der Waals surface area contributed by atoms with Crippen LogP contribution in [0.1, 0.15) is 121 Å². The number of thiophene rings is 2. The Bertz CT molecular complexity index is 973. The Morgan fingerprint density at radius 2 is 1.25 bits per heavy atom. The molecule has 1 aliphatic rings. The molecule has 1 aliphatic carbocycles. The molecule has 0 spiro atoms. The van der Waals surface area contributed by atoms with Crippen LogP contribution in [-0.4, -0.2) is 11.6 Å². The van der Waals surface area contributed by atoms with Crippen LogP contribution >= 0.6 is 54.5 Å². The van der Waals surface area contributed by atoms with Gasteiger partial charge in [0, 0.05) is 10.4 Å². The third kappa shape index (κ3) is 5.34. The molecule has 0 aromatic carbocycles. The molecular weight excluding hydrogens is 568 g/mol. The lowest BCUT2D eigenvalue weighted by Gasteiger charge is -2.19. The fraction of sp³-hybridized carbons (Fsp3) is 0.615. The first-order valence-electron chi connectivity index (χ1n) is 12.1. The standard InChI is InChI=1S/C26H34Br2O2S2/c1-5-9-11-15(7-3)13-17-18(14-16(8-4)12-10-6-2)31-24-19(17)22(29)20-21(23(24)30)26(28)32-25(20)27/h15-16H,5-14H2,1-4H3. The van der Waals surface area contributed by atoms with Gasteiger partial charge in [-0.2, -0.15) is 0 Å². The molecule has 0 saturated carbocycles. The molecule has 6 heteroatoms. The first kappa shape index (κ1) is 26.3. The zero-order chi connectivity index (χ0) is 23.4.